The smallest absolute Gasteiger partial charge is 0.350 e. The summed E-state index contributed by atoms with van der Waals surface area (Å²) in [5.74, 6) is 0.0321. The van der Waals surface area contributed by atoms with Gasteiger partial charge in [-0.05, 0) is 29.8 Å². The Kier molecular flexibility index (Phi) is 4.48. The van der Waals surface area contributed by atoms with Gasteiger partial charge < -0.3 is 4.74 Å². The highest BCUT2D eigenvalue weighted by molar-refractivity contribution is 6.31. The molecule has 0 aliphatic heterocycles. The number of methoxy groups -OCH3 is 1. The first-order valence-corrected chi connectivity index (χ1v) is 8.65. The van der Waals surface area contributed by atoms with Gasteiger partial charge in [-0.3, -0.25) is 9.36 Å². The van der Waals surface area contributed by atoms with Gasteiger partial charge in [0.05, 0.1) is 19.3 Å². The summed E-state index contributed by atoms with van der Waals surface area (Å²) in [4.78, 5) is 25.5. The fourth-order valence-electron chi connectivity index (χ4n) is 2.94. The molecule has 2 heterocycles. The first kappa shape index (κ1) is 18.0. The number of ether oxygens (including phenoxy) is 1. The number of aromatic nitrogens is 4. The summed E-state index contributed by atoms with van der Waals surface area (Å²) in [6, 6.07) is 10.9. The van der Waals surface area contributed by atoms with Crippen LogP contribution in [-0.4, -0.2) is 25.9 Å². The topological polar surface area (TPSA) is 70.5 Å². The molecule has 2 aromatic carbocycles. The van der Waals surface area contributed by atoms with Gasteiger partial charge in [0.25, 0.3) is 0 Å². The molecule has 0 unspecified atom stereocenters. The highest BCUT2D eigenvalue weighted by Gasteiger charge is 2.15. The van der Waals surface area contributed by atoms with Gasteiger partial charge in [0.1, 0.15) is 11.6 Å². The van der Waals surface area contributed by atoms with Crippen molar-refractivity contribution in [1.29, 1.82) is 0 Å². The number of hydrogen-bond donors (Lipinski definition) is 0. The molecular formula is C19H14ClFN4O3. The number of nitrogens with zero attached hydrogens (tertiary/aromatic N) is 4. The maximum absolute atomic E-state index is 13.2. The van der Waals surface area contributed by atoms with Crippen molar-refractivity contribution in [2.75, 3.05) is 7.11 Å². The SMILES string of the molecule is COc1ccccc1-n1ccn2c(=O)n(Cc3ccc(F)cc3Cl)nc2c1=O. The van der Waals surface area contributed by atoms with Crippen LogP contribution in [0.2, 0.25) is 5.02 Å². The second-order valence-corrected chi connectivity index (χ2v) is 6.42. The van der Waals surface area contributed by atoms with E-state index >= 15 is 0 Å². The molecule has 0 aliphatic carbocycles. The Hall–Kier alpha value is -3.39. The van der Waals surface area contributed by atoms with Gasteiger partial charge in [-0.1, -0.05) is 29.8 Å². The van der Waals surface area contributed by atoms with E-state index in [2.05, 4.69) is 5.10 Å². The Morgan fingerprint density at radius 3 is 2.68 bits per heavy atom. The normalized spacial score (nSPS) is 11.1. The molecular weight excluding hydrogens is 387 g/mol. The fourth-order valence-corrected chi connectivity index (χ4v) is 3.17. The molecule has 9 heteroatoms. The van der Waals surface area contributed by atoms with Gasteiger partial charge in [-0.15, -0.1) is 5.10 Å². The van der Waals surface area contributed by atoms with Crippen LogP contribution in [-0.2, 0) is 6.54 Å². The van der Waals surface area contributed by atoms with Crippen LogP contribution in [0, 0.1) is 5.82 Å². The van der Waals surface area contributed by atoms with Gasteiger partial charge >= 0.3 is 11.2 Å². The Morgan fingerprint density at radius 1 is 1.14 bits per heavy atom. The van der Waals surface area contributed by atoms with Crippen LogP contribution in [0.4, 0.5) is 4.39 Å². The summed E-state index contributed by atoms with van der Waals surface area (Å²) in [6.45, 7) is 0.00766. The van der Waals surface area contributed by atoms with E-state index < -0.39 is 17.1 Å². The van der Waals surface area contributed by atoms with Crippen LogP contribution in [0.15, 0.2) is 64.4 Å². The molecule has 0 radical (unpaired) electrons. The van der Waals surface area contributed by atoms with Crippen molar-refractivity contribution in [2.24, 2.45) is 0 Å². The molecule has 0 spiro atoms. The lowest BCUT2D eigenvalue weighted by molar-refractivity contribution is 0.412. The van der Waals surface area contributed by atoms with E-state index in [1.807, 2.05) is 0 Å². The number of fused-ring (bicyclic) bond motifs is 1. The average molecular weight is 401 g/mol. The third-order valence-electron chi connectivity index (χ3n) is 4.33. The molecule has 2 aromatic heterocycles. The van der Waals surface area contributed by atoms with Crippen LogP contribution in [0.25, 0.3) is 11.3 Å². The first-order chi connectivity index (χ1) is 13.5. The minimum absolute atomic E-state index is 0.00766. The Morgan fingerprint density at radius 2 is 1.93 bits per heavy atom. The molecule has 4 aromatic rings. The quantitative estimate of drug-likeness (QED) is 0.527. The van der Waals surface area contributed by atoms with Crippen molar-refractivity contribution in [2.45, 2.75) is 6.54 Å². The van der Waals surface area contributed by atoms with Crippen molar-refractivity contribution >= 4 is 17.2 Å². The predicted octanol–water partition coefficient (Wildman–Crippen LogP) is 2.50. The summed E-state index contributed by atoms with van der Waals surface area (Å²) in [5.41, 5.74) is 0.0177. The van der Waals surface area contributed by atoms with E-state index in [0.717, 1.165) is 15.1 Å². The summed E-state index contributed by atoms with van der Waals surface area (Å²) in [6.07, 6.45) is 2.94. The molecule has 28 heavy (non-hydrogen) atoms. The number of para-hydroxylation sites is 2. The number of benzene rings is 2. The number of halogens is 2. The Bertz CT molecular complexity index is 1310. The molecule has 0 fully saturated rings. The summed E-state index contributed by atoms with van der Waals surface area (Å²) < 4.78 is 22.2. The van der Waals surface area contributed by atoms with Crippen LogP contribution in [0.3, 0.4) is 0 Å². The second kappa shape index (κ2) is 6.97. The van der Waals surface area contributed by atoms with Crippen LogP contribution in [0.1, 0.15) is 5.56 Å². The minimum Gasteiger partial charge on any atom is -0.495 e. The van der Waals surface area contributed by atoms with Gasteiger partial charge in [0, 0.05) is 17.4 Å². The molecule has 0 saturated carbocycles. The Balaban J connectivity index is 1.84. The zero-order chi connectivity index (χ0) is 19.8. The van der Waals surface area contributed by atoms with Crippen LogP contribution in [0.5, 0.6) is 5.75 Å². The lowest BCUT2D eigenvalue weighted by atomic mass is 10.2. The number of hydrogen-bond acceptors (Lipinski definition) is 4. The lowest BCUT2D eigenvalue weighted by Gasteiger charge is -2.10. The van der Waals surface area contributed by atoms with Crippen molar-refractivity contribution in [3.05, 3.63) is 92.1 Å². The maximum Gasteiger partial charge on any atom is 0.350 e. The second-order valence-electron chi connectivity index (χ2n) is 6.01. The highest BCUT2D eigenvalue weighted by atomic mass is 35.5. The summed E-state index contributed by atoms with van der Waals surface area (Å²) >= 11 is 6.03. The molecule has 0 saturated heterocycles. The van der Waals surface area contributed by atoms with Gasteiger partial charge in [0.15, 0.2) is 0 Å². The summed E-state index contributed by atoms with van der Waals surface area (Å²) in [5, 5.41) is 4.33. The fraction of sp³-hybridized carbons (Fsp3) is 0.105. The van der Waals surface area contributed by atoms with E-state index in [1.165, 1.54) is 36.2 Å². The van der Waals surface area contributed by atoms with E-state index in [0.29, 0.717) is 17.0 Å². The number of rotatable bonds is 4. The standard InChI is InChI=1S/C19H14ClFN4O3/c1-28-16-5-3-2-4-15(16)23-8-9-24-17(18(23)26)22-25(19(24)27)11-12-6-7-13(21)10-14(12)20/h2-10H,11H2,1H3. The molecule has 0 atom stereocenters. The maximum atomic E-state index is 13.2. The zero-order valence-corrected chi connectivity index (χ0v) is 15.4. The van der Waals surface area contributed by atoms with Crippen LogP contribution >= 0.6 is 11.6 Å². The average Bonchev–Trinajstić information content (AvgIpc) is 3.01. The van der Waals surface area contributed by atoms with Crippen molar-refractivity contribution < 1.29 is 9.13 Å². The third kappa shape index (κ3) is 2.97. The van der Waals surface area contributed by atoms with Gasteiger partial charge in [0.2, 0.25) is 5.65 Å². The lowest BCUT2D eigenvalue weighted by Crippen LogP contribution is -2.24. The Labute approximate surface area is 162 Å². The minimum atomic E-state index is -0.500. The molecule has 0 aliphatic rings. The molecule has 0 bridgehead atoms. The van der Waals surface area contributed by atoms with E-state index in [1.54, 1.807) is 24.3 Å². The summed E-state index contributed by atoms with van der Waals surface area (Å²) in [7, 11) is 1.51. The first-order valence-electron chi connectivity index (χ1n) is 8.28. The van der Waals surface area contributed by atoms with E-state index in [9.17, 15) is 14.0 Å². The largest absolute Gasteiger partial charge is 0.495 e. The van der Waals surface area contributed by atoms with Crippen molar-refractivity contribution in [3.8, 4) is 11.4 Å². The molecule has 142 valence electrons. The van der Waals surface area contributed by atoms with Crippen molar-refractivity contribution in [1.82, 2.24) is 18.7 Å². The molecule has 7 nitrogen and oxygen atoms in total. The van der Waals surface area contributed by atoms with Gasteiger partial charge in [-0.2, -0.15) is 0 Å². The predicted molar refractivity (Wildman–Crippen MR) is 102 cm³/mol. The monoisotopic (exact) mass is 400 g/mol. The van der Waals surface area contributed by atoms with Crippen LogP contribution < -0.4 is 16.0 Å². The van der Waals surface area contributed by atoms with E-state index in [4.69, 9.17) is 16.3 Å². The van der Waals surface area contributed by atoms with Crippen molar-refractivity contribution in [3.63, 3.8) is 0 Å². The molecule has 0 amide bonds. The van der Waals surface area contributed by atoms with Gasteiger partial charge in [-0.25, -0.2) is 18.3 Å². The third-order valence-corrected chi connectivity index (χ3v) is 4.68. The molecule has 4 rings (SSSR count). The zero-order valence-electron chi connectivity index (χ0n) is 14.7. The highest BCUT2D eigenvalue weighted by Crippen LogP contribution is 2.20. The molecule has 0 N–H and O–H groups in total. The van der Waals surface area contributed by atoms with E-state index in [-0.39, 0.29) is 17.2 Å².